The molecule has 0 radical (unpaired) electrons. The van der Waals surface area contributed by atoms with E-state index in [2.05, 4.69) is 6.07 Å². The lowest BCUT2D eigenvalue weighted by molar-refractivity contribution is 0.0694. The van der Waals surface area contributed by atoms with Crippen molar-refractivity contribution in [3.63, 3.8) is 0 Å². The van der Waals surface area contributed by atoms with E-state index in [4.69, 9.17) is 4.74 Å². The molecule has 0 heterocycles. The minimum Gasteiger partial charge on any atom is -0.478 e. The van der Waals surface area contributed by atoms with Crippen molar-refractivity contribution in [2.75, 3.05) is 6.26 Å². The Hall–Kier alpha value is -2.45. The summed E-state index contributed by atoms with van der Waals surface area (Å²) in [7, 11) is 0. The molecule has 2 aromatic carbocycles. The van der Waals surface area contributed by atoms with E-state index in [1.54, 1.807) is 30.3 Å². The summed E-state index contributed by atoms with van der Waals surface area (Å²) in [5.74, 6) is -0.480. The van der Waals surface area contributed by atoms with Gasteiger partial charge in [0.1, 0.15) is 28.7 Å². The maximum Gasteiger partial charge on any atom is 0.339 e. The monoisotopic (exact) mass is 299 g/mol. The molecule has 0 fully saturated rings. The zero-order chi connectivity index (χ0) is 15.4. The maximum atomic E-state index is 11.3. The van der Waals surface area contributed by atoms with E-state index in [0.29, 0.717) is 11.3 Å². The Morgan fingerprint density at radius 3 is 2.67 bits per heavy atom. The average Bonchev–Trinajstić information content (AvgIpc) is 2.48. The minimum atomic E-state index is -1.06. The van der Waals surface area contributed by atoms with Crippen molar-refractivity contribution < 1.29 is 14.6 Å². The van der Waals surface area contributed by atoms with Crippen molar-refractivity contribution in [3.05, 3.63) is 53.1 Å². The molecule has 0 unspecified atom stereocenters. The lowest BCUT2D eigenvalue weighted by Gasteiger charge is -2.12. The third kappa shape index (κ3) is 3.18. The van der Waals surface area contributed by atoms with Crippen LogP contribution in [0.2, 0.25) is 0 Å². The van der Waals surface area contributed by atoms with E-state index >= 15 is 0 Å². The Morgan fingerprint density at radius 1 is 1.29 bits per heavy atom. The second-order valence-corrected chi connectivity index (χ2v) is 5.20. The first-order valence-corrected chi connectivity index (χ1v) is 7.38. The molecule has 106 valence electrons. The van der Waals surface area contributed by atoms with Crippen molar-refractivity contribution in [3.8, 4) is 17.6 Å². The number of carbonyl (C=O) groups is 1. The predicted octanol–water partition coefficient (Wildman–Crippen LogP) is 4.08. The fourth-order valence-electron chi connectivity index (χ4n) is 1.89. The van der Waals surface area contributed by atoms with Crippen LogP contribution in [-0.4, -0.2) is 17.3 Å². The van der Waals surface area contributed by atoms with Crippen LogP contribution in [0.3, 0.4) is 0 Å². The number of aryl methyl sites for hydroxylation is 1. The van der Waals surface area contributed by atoms with E-state index in [9.17, 15) is 15.2 Å². The molecule has 4 nitrogen and oxygen atoms in total. The number of carboxylic acids is 1. The van der Waals surface area contributed by atoms with Gasteiger partial charge < -0.3 is 9.84 Å². The molecule has 0 aliphatic heterocycles. The molecule has 0 aliphatic rings. The number of carboxylic acid groups (broad SMARTS) is 1. The summed E-state index contributed by atoms with van der Waals surface area (Å²) in [6, 6.07) is 12.3. The number of benzene rings is 2. The van der Waals surface area contributed by atoms with Gasteiger partial charge >= 0.3 is 5.97 Å². The predicted molar refractivity (Wildman–Crippen MR) is 81.2 cm³/mol. The molecule has 0 bridgehead atoms. The molecule has 1 N–H and O–H groups in total. The summed E-state index contributed by atoms with van der Waals surface area (Å²) < 4.78 is 5.67. The fraction of sp³-hybridized carbons (Fsp3) is 0.125. The first kappa shape index (κ1) is 14.9. The Labute approximate surface area is 127 Å². The summed E-state index contributed by atoms with van der Waals surface area (Å²) >= 11 is 1.44. The van der Waals surface area contributed by atoms with Crippen molar-refractivity contribution in [1.29, 1.82) is 5.26 Å². The molecule has 0 spiro atoms. The summed E-state index contributed by atoms with van der Waals surface area (Å²) in [6.45, 7) is 1.81. The normalized spacial score (nSPS) is 9.95. The van der Waals surface area contributed by atoms with Crippen LogP contribution in [0.5, 0.6) is 11.5 Å². The summed E-state index contributed by atoms with van der Waals surface area (Å²) in [5, 5.41) is 18.5. The van der Waals surface area contributed by atoms with Crippen LogP contribution in [-0.2, 0) is 0 Å². The van der Waals surface area contributed by atoms with Crippen molar-refractivity contribution in [2.45, 2.75) is 11.8 Å². The number of thioether (sulfide) groups is 1. The van der Waals surface area contributed by atoms with Gasteiger partial charge in [-0.3, -0.25) is 0 Å². The number of nitriles is 1. The average molecular weight is 299 g/mol. The first-order chi connectivity index (χ1) is 10.1. The molecule has 2 rings (SSSR count). The largest absolute Gasteiger partial charge is 0.478 e. The van der Waals surface area contributed by atoms with Crippen LogP contribution < -0.4 is 4.74 Å². The van der Waals surface area contributed by atoms with Gasteiger partial charge in [-0.2, -0.15) is 5.26 Å². The van der Waals surface area contributed by atoms with E-state index in [0.717, 1.165) is 10.5 Å². The molecule has 2 aromatic rings. The van der Waals surface area contributed by atoms with Crippen LogP contribution in [0.25, 0.3) is 0 Å². The Bertz CT molecular complexity index is 735. The molecule has 0 atom stereocenters. The maximum absolute atomic E-state index is 11.3. The van der Waals surface area contributed by atoms with Gasteiger partial charge in [-0.15, -0.1) is 11.8 Å². The molecule has 0 aliphatic carbocycles. The Morgan fingerprint density at radius 2 is 2.05 bits per heavy atom. The number of hydrogen-bond donors (Lipinski definition) is 1. The number of rotatable bonds is 4. The van der Waals surface area contributed by atoms with Gasteiger partial charge in [0.05, 0.1) is 0 Å². The number of ether oxygens (including phenoxy) is 1. The highest BCUT2D eigenvalue weighted by Gasteiger charge is 2.15. The van der Waals surface area contributed by atoms with Gasteiger partial charge in [-0.1, -0.05) is 17.7 Å². The number of aromatic carboxylic acids is 1. The van der Waals surface area contributed by atoms with E-state index in [1.807, 2.05) is 19.2 Å². The molecule has 0 saturated heterocycles. The second kappa shape index (κ2) is 6.33. The summed E-state index contributed by atoms with van der Waals surface area (Å²) in [5.41, 5.74) is 1.31. The standard InChI is InChI=1S/C16H13NO3S/c1-10-6-7-14(11(8-10)16(18)19)20-13-4-3-5-15(21-2)12(13)9-17/h3-8H,1-2H3,(H,18,19). The van der Waals surface area contributed by atoms with Crippen molar-refractivity contribution >= 4 is 17.7 Å². The van der Waals surface area contributed by atoms with Gasteiger partial charge in [0, 0.05) is 4.90 Å². The quantitative estimate of drug-likeness (QED) is 0.861. The first-order valence-electron chi connectivity index (χ1n) is 6.15. The van der Waals surface area contributed by atoms with Crippen molar-refractivity contribution in [1.82, 2.24) is 0 Å². The van der Waals surface area contributed by atoms with Crippen LogP contribution in [0.1, 0.15) is 21.5 Å². The minimum absolute atomic E-state index is 0.0773. The van der Waals surface area contributed by atoms with Crippen LogP contribution in [0.4, 0.5) is 0 Å². The molecule has 0 amide bonds. The van der Waals surface area contributed by atoms with Gasteiger partial charge in [-0.05, 0) is 37.4 Å². The highest BCUT2D eigenvalue weighted by Crippen LogP contribution is 2.33. The molecule has 21 heavy (non-hydrogen) atoms. The highest BCUT2D eigenvalue weighted by molar-refractivity contribution is 7.98. The number of nitrogens with zero attached hydrogens (tertiary/aromatic N) is 1. The van der Waals surface area contributed by atoms with Crippen LogP contribution >= 0.6 is 11.8 Å². The summed E-state index contributed by atoms with van der Waals surface area (Å²) in [4.78, 5) is 12.1. The van der Waals surface area contributed by atoms with Gasteiger partial charge in [-0.25, -0.2) is 4.79 Å². The zero-order valence-electron chi connectivity index (χ0n) is 11.6. The van der Waals surface area contributed by atoms with Crippen molar-refractivity contribution in [2.24, 2.45) is 0 Å². The topological polar surface area (TPSA) is 70.3 Å². The molecule has 5 heteroatoms. The Kier molecular flexibility index (Phi) is 4.51. The second-order valence-electron chi connectivity index (χ2n) is 4.35. The van der Waals surface area contributed by atoms with E-state index < -0.39 is 5.97 Å². The number of hydrogen-bond acceptors (Lipinski definition) is 4. The Balaban J connectivity index is 2.49. The third-order valence-electron chi connectivity index (χ3n) is 2.91. The fourth-order valence-corrected chi connectivity index (χ4v) is 2.46. The van der Waals surface area contributed by atoms with Crippen LogP contribution in [0.15, 0.2) is 41.3 Å². The molecule has 0 saturated carbocycles. The van der Waals surface area contributed by atoms with E-state index in [-0.39, 0.29) is 11.3 Å². The SMILES string of the molecule is CSc1cccc(Oc2ccc(C)cc2C(=O)O)c1C#N. The summed E-state index contributed by atoms with van der Waals surface area (Å²) in [6.07, 6.45) is 1.87. The smallest absolute Gasteiger partial charge is 0.339 e. The zero-order valence-corrected chi connectivity index (χ0v) is 12.4. The third-order valence-corrected chi connectivity index (χ3v) is 3.69. The highest BCUT2D eigenvalue weighted by atomic mass is 32.2. The molecular weight excluding hydrogens is 286 g/mol. The molecule has 0 aromatic heterocycles. The lowest BCUT2D eigenvalue weighted by Crippen LogP contribution is -2.01. The lowest BCUT2D eigenvalue weighted by atomic mass is 10.1. The van der Waals surface area contributed by atoms with Gasteiger partial charge in [0.25, 0.3) is 0 Å². The molecular formula is C16H13NO3S. The van der Waals surface area contributed by atoms with E-state index in [1.165, 1.54) is 11.8 Å². The van der Waals surface area contributed by atoms with Gasteiger partial charge in [0.2, 0.25) is 0 Å². The van der Waals surface area contributed by atoms with Gasteiger partial charge in [0.15, 0.2) is 0 Å². The van der Waals surface area contributed by atoms with Crippen LogP contribution in [0, 0.1) is 18.3 Å².